The minimum absolute atomic E-state index is 0.0501. The molecule has 3 N–H and O–H groups in total. The van der Waals surface area contributed by atoms with Crippen molar-refractivity contribution in [3.05, 3.63) is 83.3 Å². The standard InChI is InChI=1S/C28H24ClN5O4/c29-19-5-6-24-21(10-19)28(7-8-37-24,27(36)34-23-14-30-13-18-3-1-2-4-20(18)23)16-31-11-17-9-22-26(32-12-17)38-15-25(35)33-22/h1-6,9-10,12-14,31H,7-8,11,15-16H2,(H,33,35)(H,34,36). The molecule has 0 aliphatic carbocycles. The largest absolute Gasteiger partial charge is 0.493 e. The van der Waals surface area contributed by atoms with Crippen molar-refractivity contribution >= 4 is 45.6 Å². The Morgan fingerprint density at radius 3 is 2.92 bits per heavy atom. The smallest absolute Gasteiger partial charge is 0.262 e. The second-order valence-electron chi connectivity index (χ2n) is 9.32. The summed E-state index contributed by atoms with van der Waals surface area (Å²) < 4.78 is 11.2. The summed E-state index contributed by atoms with van der Waals surface area (Å²) in [5.41, 5.74) is 1.76. The van der Waals surface area contributed by atoms with Crippen LogP contribution in [0.5, 0.6) is 11.6 Å². The fraction of sp³-hybridized carbons (Fsp3) is 0.214. The number of nitrogens with zero attached hydrogens (tertiary/aromatic N) is 2. The van der Waals surface area contributed by atoms with Gasteiger partial charge in [0.15, 0.2) is 6.61 Å². The number of benzene rings is 2. The van der Waals surface area contributed by atoms with Crippen LogP contribution in [0, 0.1) is 0 Å². The van der Waals surface area contributed by atoms with E-state index in [2.05, 4.69) is 25.9 Å². The highest BCUT2D eigenvalue weighted by Crippen LogP contribution is 2.41. The zero-order valence-corrected chi connectivity index (χ0v) is 21.0. The number of nitrogens with one attached hydrogen (secondary N) is 3. The normalized spacial score (nSPS) is 18.0. The molecule has 2 aromatic heterocycles. The van der Waals surface area contributed by atoms with Gasteiger partial charge in [-0.3, -0.25) is 14.6 Å². The molecule has 2 aliphatic rings. The molecule has 0 saturated heterocycles. The summed E-state index contributed by atoms with van der Waals surface area (Å²) >= 11 is 6.38. The number of halogens is 1. The van der Waals surface area contributed by atoms with E-state index >= 15 is 0 Å². The van der Waals surface area contributed by atoms with Crippen molar-refractivity contribution in [2.45, 2.75) is 18.4 Å². The third kappa shape index (κ3) is 4.51. The van der Waals surface area contributed by atoms with Gasteiger partial charge in [0.1, 0.15) is 11.4 Å². The first-order valence-corrected chi connectivity index (χ1v) is 12.6. The van der Waals surface area contributed by atoms with Gasteiger partial charge in [-0.15, -0.1) is 0 Å². The van der Waals surface area contributed by atoms with Crippen LogP contribution >= 0.6 is 11.6 Å². The quantitative estimate of drug-likeness (QED) is 0.345. The van der Waals surface area contributed by atoms with Gasteiger partial charge in [-0.1, -0.05) is 35.9 Å². The number of anilines is 2. The van der Waals surface area contributed by atoms with Crippen molar-refractivity contribution in [2.24, 2.45) is 0 Å². The fourth-order valence-corrected chi connectivity index (χ4v) is 5.14. The van der Waals surface area contributed by atoms with E-state index in [-0.39, 0.29) is 18.4 Å². The van der Waals surface area contributed by atoms with Crippen molar-refractivity contribution in [3.63, 3.8) is 0 Å². The van der Waals surface area contributed by atoms with Gasteiger partial charge in [-0.05, 0) is 29.8 Å². The molecule has 2 aliphatic heterocycles. The number of aromatic nitrogens is 2. The number of ether oxygens (including phenoxy) is 2. The highest BCUT2D eigenvalue weighted by atomic mass is 35.5. The Bertz CT molecular complexity index is 1560. The number of pyridine rings is 2. The summed E-state index contributed by atoms with van der Waals surface area (Å²) in [6.07, 6.45) is 5.57. The van der Waals surface area contributed by atoms with Crippen LogP contribution in [0.1, 0.15) is 17.5 Å². The Morgan fingerprint density at radius 1 is 1.11 bits per heavy atom. The van der Waals surface area contributed by atoms with Gasteiger partial charge in [0.05, 0.1) is 23.9 Å². The number of carbonyl (C=O) groups is 2. The molecular formula is C28H24ClN5O4. The van der Waals surface area contributed by atoms with Crippen molar-refractivity contribution in [1.82, 2.24) is 15.3 Å². The van der Waals surface area contributed by atoms with Crippen LogP contribution < -0.4 is 25.4 Å². The summed E-state index contributed by atoms with van der Waals surface area (Å²) in [6, 6.07) is 14.9. The molecule has 1 atom stereocenters. The molecule has 0 bridgehead atoms. The van der Waals surface area contributed by atoms with Crippen molar-refractivity contribution < 1.29 is 19.1 Å². The van der Waals surface area contributed by atoms with E-state index in [0.29, 0.717) is 54.1 Å². The molecule has 38 heavy (non-hydrogen) atoms. The highest BCUT2D eigenvalue weighted by Gasteiger charge is 2.44. The second kappa shape index (κ2) is 9.92. The molecule has 0 saturated carbocycles. The zero-order chi connectivity index (χ0) is 26.1. The first-order valence-electron chi connectivity index (χ1n) is 12.2. The summed E-state index contributed by atoms with van der Waals surface area (Å²) in [7, 11) is 0. The Balaban J connectivity index is 1.30. The number of amides is 2. The van der Waals surface area contributed by atoms with Crippen LogP contribution in [0.4, 0.5) is 11.4 Å². The topological polar surface area (TPSA) is 114 Å². The summed E-state index contributed by atoms with van der Waals surface area (Å²) in [5, 5.41) is 11.7. The minimum Gasteiger partial charge on any atom is -0.493 e. The molecule has 10 heteroatoms. The molecule has 2 aromatic carbocycles. The SMILES string of the molecule is O=C1COc2ncc(CNCC3(C(=O)Nc4cncc5ccccc45)CCOc4ccc(Cl)cc43)cc2N1. The van der Waals surface area contributed by atoms with E-state index in [1.165, 1.54) is 0 Å². The molecule has 1 unspecified atom stereocenters. The lowest BCUT2D eigenvalue weighted by atomic mass is 9.74. The Morgan fingerprint density at radius 2 is 2.00 bits per heavy atom. The Kier molecular flexibility index (Phi) is 6.30. The van der Waals surface area contributed by atoms with Gasteiger partial charge in [0.2, 0.25) is 11.8 Å². The lowest BCUT2D eigenvalue weighted by Gasteiger charge is -2.38. The molecule has 4 aromatic rings. The molecular weight excluding hydrogens is 506 g/mol. The molecule has 0 fully saturated rings. The van der Waals surface area contributed by atoms with Crippen LogP contribution in [0.3, 0.4) is 0 Å². The second-order valence-corrected chi connectivity index (χ2v) is 9.76. The van der Waals surface area contributed by atoms with E-state index < -0.39 is 5.41 Å². The predicted molar refractivity (Wildman–Crippen MR) is 144 cm³/mol. The minimum atomic E-state index is -0.964. The van der Waals surface area contributed by atoms with E-state index in [0.717, 1.165) is 21.9 Å². The fourth-order valence-electron chi connectivity index (χ4n) is 4.97. The van der Waals surface area contributed by atoms with Gasteiger partial charge in [0.25, 0.3) is 5.91 Å². The van der Waals surface area contributed by atoms with Gasteiger partial charge >= 0.3 is 0 Å². The van der Waals surface area contributed by atoms with Crippen LogP contribution in [-0.2, 0) is 21.5 Å². The van der Waals surface area contributed by atoms with Crippen molar-refractivity contribution in [2.75, 3.05) is 30.4 Å². The van der Waals surface area contributed by atoms with Crippen LogP contribution in [0.15, 0.2) is 67.1 Å². The van der Waals surface area contributed by atoms with E-state index in [9.17, 15) is 9.59 Å². The highest BCUT2D eigenvalue weighted by molar-refractivity contribution is 6.30. The summed E-state index contributed by atoms with van der Waals surface area (Å²) in [5.74, 6) is 0.614. The average Bonchev–Trinajstić information content (AvgIpc) is 2.93. The monoisotopic (exact) mass is 529 g/mol. The molecule has 0 radical (unpaired) electrons. The predicted octanol–water partition coefficient (Wildman–Crippen LogP) is 4.06. The number of hydrogen-bond acceptors (Lipinski definition) is 7. The average molecular weight is 530 g/mol. The van der Waals surface area contributed by atoms with Gasteiger partial charge < -0.3 is 25.4 Å². The Hall–Kier alpha value is -4.21. The number of rotatable bonds is 6. The van der Waals surface area contributed by atoms with Gasteiger partial charge in [-0.25, -0.2) is 4.98 Å². The third-order valence-electron chi connectivity index (χ3n) is 6.87. The van der Waals surface area contributed by atoms with Crippen LogP contribution in [0.25, 0.3) is 10.8 Å². The summed E-state index contributed by atoms with van der Waals surface area (Å²) in [6.45, 7) is 1.05. The maximum Gasteiger partial charge on any atom is 0.262 e. The number of fused-ring (bicyclic) bond motifs is 3. The number of hydrogen-bond donors (Lipinski definition) is 3. The van der Waals surface area contributed by atoms with E-state index in [1.54, 1.807) is 36.8 Å². The molecule has 9 nitrogen and oxygen atoms in total. The molecule has 0 spiro atoms. The summed E-state index contributed by atoms with van der Waals surface area (Å²) in [4.78, 5) is 34.4. The lowest BCUT2D eigenvalue weighted by Crippen LogP contribution is -2.50. The number of carbonyl (C=O) groups excluding carboxylic acids is 2. The maximum absolute atomic E-state index is 14.1. The molecule has 2 amide bonds. The lowest BCUT2D eigenvalue weighted by molar-refractivity contribution is -0.122. The van der Waals surface area contributed by atoms with Crippen LogP contribution in [-0.4, -0.2) is 41.5 Å². The molecule has 4 heterocycles. The first-order chi connectivity index (χ1) is 18.5. The zero-order valence-electron chi connectivity index (χ0n) is 20.3. The third-order valence-corrected chi connectivity index (χ3v) is 7.11. The first kappa shape index (κ1) is 24.1. The maximum atomic E-state index is 14.1. The molecule has 6 rings (SSSR count). The van der Waals surface area contributed by atoms with Crippen LogP contribution in [0.2, 0.25) is 5.02 Å². The van der Waals surface area contributed by atoms with Crippen molar-refractivity contribution in [3.8, 4) is 11.6 Å². The Labute approximate surface area is 223 Å². The van der Waals surface area contributed by atoms with E-state index in [1.807, 2.05) is 30.3 Å². The van der Waals surface area contributed by atoms with E-state index in [4.69, 9.17) is 21.1 Å². The van der Waals surface area contributed by atoms with Gasteiger partial charge in [0, 0.05) is 53.3 Å². The van der Waals surface area contributed by atoms with Gasteiger partial charge in [-0.2, -0.15) is 0 Å². The van der Waals surface area contributed by atoms with Crippen molar-refractivity contribution in [1.29, 1.82) is 0 Å². The molecule has 192 valence electrons.